The van der Waals surface area contributed by atoms with Crippen molar-refractivity contribution in [3.63, 3.8) is 0 Å². The summed E-state index contributed by atoms with van der Waals surface area (Å²) in [4.78, 5) is 12.3. The van der Waals surface area contributed by atoms with Gasteiger partial charge in [0.15, 0.2) is 0 Å². The van der Waals surface area contributed by atoms with Gasteiger partial charge in [-0.1, -0.05) is 29.8 Å². The third-order valence-electron chi connectivity index (χ3n) is 3.68. The largest absolute Gasteiger partial charge is 0.497 e. The molecule has 2 N–H and O–H groups in total. The van der Waals surface area contributed by atoms with Crippen LogP contribution in [0.25, 0.3) is 0 Å². The number of methoxy groups -OCH3 is 1. The normalized spacial score (nSPS) is 12.4. The first-order chi connectivity index (χ1) is 11.8. The van der Waals surface area contributed by atoms with Crippen molar-refractivity contribution >= 4 is 15.9 Å². The Balaban J connectivity index is 1.93. The molecule has 0 aliphatic rings. The second-order valence-electron chi connectivity index (χ2n) is 5.72. The minimum absolute atomic E-state index is 0.132. The van der Waals surface area contributed by atoms with Crippen LogP contribution in [0.5, 0.6) is 5.75 Å². The molecule has 2 aromatic rings. The van der Waals surface area contributed by atoms with Crippen LogP contribution in [-0.4, -0.2) is 27.5 Å². The fraction of sp³-hybridized carbons (Fsp3) is 0.278. The fourth-order valence-corrected chi connectivity index (χ4v) is 3.36. The summed E-state index contributed by atoms with van der Waals surface area (Å²) in [5.74, 6) is 0.334. The average Bonchev–Trinajstić information content (AvgIpc) is 2.60. The number of carbonyl (C=O) groups is 1. The molecule has 6 nitrogen and oxygen atoms in total. The standard InChI is InChI=1S/C18H22N2O4S/c1-13-4-10-17(11-5-13)25(22,23)20-14(2)18(21)19-12-15-6-8-16(24-3)9-7-15/h4-11,14,20H,12H2,1-3H3,(H,19,21)/t14-/m0/s1. The number of nitrogens with one attached hydrogen (secondary N) is 2. The molecule has 7 heteroatoms. The molecule has 1 amide bonds. The maximum Gasteiger partial charge on any atom is 0.241 e. The zero-order valence-electron chi connectivity index (χ0n) is 14.4. The van der Waals surface area contributed by atoms with Gasteiger partial charge >= 0.3 is 0 Å². The summed E-state index contributed by atoms with van der Waals surface area (Å²) in [6.45, 7) is 3.69. The predicted molar refractivity (Wildman–Crippen MR) is 95.8 cm³/mol. The molecule has 0 radical (unpaired) electrons. The molecule has 0 fully saturated rings. The third-order valence-corrected chi connectivity index (χ3v) is 5.24. The average molecular weight is 362 g/mol. The summed E-state index contributed by atoms with van der Waals surface area (Å²) < 4.78 is 32.1. The van der Waals surface area contributed by atoms with Crippen molar-refractivity contribution in [2.24, 2.45) is 0 Å². The SMILES string of the molecule is COc1ccc(CNC(=O)[C@H](C)NS(=O)(=O)c2ccc(C)cc2)cc1. The highest BCUT2D eigenvalue weighted by atomic mass is 32.2. The van der Waals surface area contributed by atoms with Gasteiger partial charge in [0.25, 0.3) is 0 Å². The van der Waals surface area contributed by atoms with E-state index in [0.717, 1.165) is 16.9 Å². The van der Waals surface area contributed by atoms with Crippen LogP contribution in [0.15, 0.2) is 53.4 Å². The minimum Gasteiger partial charge on any atom is -0.497 e. The number of sulfonamides is 1. The minimum atomic E-state index is -3.74. The zero-order chi connectivity index (χ0) is 18.4. The molecule has 0 aliphatic carbocycles. The Morgan fingerprint density at radius 2 is 1.68 bits per heavy atom. The second kappa shape index (κ2) is 8.13. The summed E-state index contributed by atoms with van der Waals surface area (Å²) in [5.41, 5.74) is 1.85. The molecule has 0 spiro atoms. The van der Waals surface area contributed by atoms with Gasteiger partial charge in [0.2, 0.25) is 15.9 Å². The van der Waals surface area contributed by atoms with Crippen LogP contribution in [-0.2, 0) is 21.4 Å². The van der Waals surface area contributed by atoms with Crippen molar-refractivity contribution in [1.82, 2.24) is 10.0 Å². The highest BCUT2D eigenvalue weighted by molar-refractivity contribution is 7.89. The zero-order valence-corrected chi connectivity index (χ0v) is 15.3. The molecule has 2 rings (SSSR count). The van der Waals surface area contributed by atoms with E-state index < -0.39 is 22.0 Å². The Kier molecular flexibility index (Phi) is 6.17. The molecular weight excluding hydrogens is 340 g/mol. The summed E-state index contributed by atoms with van der Waals surface area (Å²) in [7, 11) is -2.16. The van der Waals surface area contributed by atoms with Crippen LogP contribution in [0.4, 0.5) is 0 Å². The number of benzene rings is 2. The van der Waals surface area contributed by atoms with E-state index in [9.17, 15) is 13.2 Å². The van der Waals surface area contributed by atoms with Crippen molar-refractivity contribution in [3.05, 3.63) is 59.7 Å². The maximum absolute atomic E-state index is 12.3. The lowest BCUT2D eigenvalue weighted by Gasteiger charge is -2.15. The van der Waals surface area contributed by atoms with E-state index in [-0.39, 0.29) is 4.90 Å². The molecule has 0 aromatic heterocycles. The van der Waals surface area contributed by atoms with Crippen LogP contribution in [0.1, 0.15) is 18.1 Å². The Morgan fingerprint density at radius 3 is 2.24 bits per heavy atom. The molecule has 134 valence electrons. The van der Waals surface area contributed by atoms with Crippen molar-refractivity contribution < 1.29 is 17.9 Å². The number of hydrogen-bond acceptors (Lipinski definition) is 4. The second-order valence-corrected chi connectivity index (χ2v) is 7.44. The highest BCUT2D eigenvalue weighted by Gasteiger charge is 2.21. The van der Waals surface area contributed by atoms with Crippen LogP contribution in [0, 0.1) is 6.92 Å². The lowest BCUT2D eigenvalue weighted by Crippen LogP contribution is -2.44. The summed E-state index contributed by atoms with van der Waals surface area (Å²) in [6, 6.07) is 12.8. The van der Waals surface area contributed by atoms with E-state index in [4.69, 9.17) is 4.74 Å². The smallest absolute Gasteiger partial charge is 0.241 e. The van der Waals surface area contributed by atoms with E-state index >= 15 is 0 Å². The first-order valence-corrected chi connectivity index (χ1v) is 9.30. The molecule has 0 aliphatic heterocycles. The van der Waals surface area contributed by atoms with Gasteiger partial charge in [-0.05, 0) is 43.7 Å². The molecule has 0 heterocycles. The molecule has 0 bridgehead atoms. The Labute approximate surface area is 148 Å². The lowest BCUT2D eigenvalue weighted by atomic mass is 10.2. The molecular formula is C18H22N2O4S. The molecule has 2 aromatic carbocycles. The number of rotatable bonds is 7. The third kappa shape index (κ3) is 5.30. The van der Waals surface area contributed by atoms with Crippen molar-refractivity contribution in [3.8, 4) is 5.75 Å². The molecule has 1 atom stereocenters. The summed E-state index contributed by atoms with van der Waals surface area (Å²) in [6.07, 6.45) is 0. The Hall–Kier alpha value is -2.38. The van der Waals surface area contributed by atoms with Crippen LogP contribution < -0.4 is 14.8 Å². The summed E-state index contributed by atoms with van der Waals surface area (Å²) >= 11 is 0. The van der Waals surface area contributed by atoms with Crippen molar-refractivity contribution in [2.45, 2.75) is 31.3 Å². The fourth-order valence-electron chi connectivity index (χ4n) is 2.16. The van der Waals surface area contributed by atoms with Gasteiger partial charge in [-0.3, -0.25) is 4.79 Å². The molecule has 0 saturated heterocycles. The number of hydrogen-bond donors (Lipinski definition) is 2. The van der Waals surface area contributed by atoms with E-state index in [0.29, 0.717) is 6.54 Å². The van der Waals surface area contributed by atoms with Crippen LogP contribution >= 0.6 is 0 Å². The van der Waals surface area contributed by atoms with Gasteiger partial charge in [0.05, 0.1) is 18.0 Å². The molecule has 25 heavy (non-hydrogen) atoms. The van der Waals surface area contributed by atoms with Gasteiger partial charge < -0.3 is 10.1 Å². The number of carbonyl (C=O) groups excluding carboxylic acids is 1. The number of amides is 1. The highest BCUT2D eigenvalue weighted by Crippen LogP contribution is 2.12. The quantitative estimate of drug-likeness (QED) is 0.789. The first kappa shape index (κ1) is 19.0. The van der Waals surface area contributed by atoms with Gasteiger partial charge in [0.1, 0.15) is 5.75 Å². The Bertz CT molecular complexity index is 815. The summed E-state index contributed by atoms with van der Waals surface area (Å²) in [5, 5.41) is 2.71. The lowest BCUT2D eigenvalue weighted by molar-refractivity contribution is -0.122. The van der Waals surface area contributed by atoms with Gasteiger partial charge in [-0.25, -0.2) is 8.42 Å². The van der Waals surface area contributed by atoms with Gasteiger partial charge in [-0.2, -0.15) is 4.72 Å². The number of aryl methyl sites for hydroxylation is 1. The molecule has 0 saturated carbocycles. The van der Waals surface area contributed by atoms with Crippen molar-refractivity contribution in [1.29, 1.82) is 0 Å². The Morgan fingerprint density at radius 1 is 1.08 bits per heavy atom. The first-order valence-electron chi connectivity index (χ1n) is 7.81. The van der Waals surface area contributed by atoms with Crippen molar-refractivity contribution in [2.75, 3.05) is 7.11 Å². The van der Waals surface area contributed by atoms with E-state index in [1.54, 1.807) is 31.4 Å². The maximum atomic E-state index is 12.3. The topological polar surface area (TPSA) is 84.5 Å². The van der Waals surface area contributed by atoms with Gasteiger partial charge in [0, 0.05) is 6.54 Å². The van der Waals surface area contributed by atoms with E-state index in [1.807, 2.05) is 19.1 Å². The van der Waals surface area contributed by atoms with E-state index in [2.05, 4.69) is 10.0 Å². The van der Waals surface area contributed by atoms with Gasteiger partial charge in [-0.15, -0.1) is 0 Å². The van der Waals surface area contributed by atoms with Crippen LogP contribution in [0.3, 0.4) is 0 Å². The van der Waals surface area contributed by atoms with E-state index in [1.165, 1.54) is 19.1 Å². The monoisotopic (exact) mass is 362 g/mol. The molecule has 0 unspecified atom stereocenters. The number of ether oxygens (including phenoxy) is 1. The van der Waals surface area contributed by atoms with Crippen LogP contribution in [0.2, 0.25) is 0 Å². The predicted octanol–water partition coefficient (Wildman–Crippen LogP) is 1.99.